The van der Waals surface area contributed by atoms with Crippen LogP contribution < -0.4 is 0 Å². The van der Waals surface area contributed by atoms with E-state index in [-0.39, 0.29) is 17.3 Å². The monoisotopic (exact) mass is 165 g/mol. The molecule has 1 aliphatic carbocycles. The van der Waals surface area contributed by atoms with E-state index in [1.165, 1.54) is 0 Å². The van der Waals surface area contributed by atoms with Crippen LogP contribution in [0.15, 0.2) is 0 Å². The molecule has 64 valence electrons. The molecule has 3 heteroatoms. The summed E-state index contributed by atoms with van der Waals surface area (Å²) >= 11 is 0. The quantitative estimate of drug-likeness (QED) is 0.504. The molecule has 0 amide bonds. The first-order valence-electron chi connectivity index (χ1n) is 4.17. The molecule has 3 nitrogen and oxygen atoms in total. The first kappa shape index (κ1) is 7.75. The summed E-state index contributed by atoms with van der Waals surface area (Å²) in [6.45, 7) is 3.76. The average molecular weight is 165 g/mol. The zero-order chi connectivity index (χ0) is 8.98. The number of carbonyl (C=O) groups is 1. The highest BCUT2D eigenvalue weighted by atomic mass is 16.6. The Morgan fingerprint density at radius 1 is 1.67 bits per heavy atom. The Labute approximate surface area is 71.3 Å². The van der Waals surface area contributed by atoms with Crippen molar-refractivity contribution in [3.63, 3.8) is 0 Å². The second kappa shape index (κ2) is 1.89. The van der Waals surface area contributed by atoms with Gasteiger partial charge in [0.2, 0.25) is 5.60 Å². The molecule has 0 radical (unpaired) electrons. The standard InChI is InChI=1S/C9H11NO2/c1-8(2)4-3-6-9(5-10,12-6)7(8)11/h6H,3-4H2,1-2H3. The molecule has 12 heavy (non-hydrogen) atoms. The fraction of sp³-hybridized carbons (Fsp3) is 0.778. The number of Topliss-reactive ketones (excluding diaryl/α,β-unsaturated/α-hetero) is 1. The minimum atomic E-state index is -1.05. The Balaban J connectivity index is 2.34. The van der Waals surface area contributed by atoms with Crippen LogP contribution in [0.1, 0.15) is 26.7 Å². The lowest BCUT2D eigenvalue weighted by Gasteiger charge is -2.27. The lowest BCUT2D eigenvalue weighted by atomic mass is 9.71. The number of hydrogen-bond donors (Lipinski definition) is 0. The molecule has 0 aromatic carbocycles. The van der Waals surface area contributed by atoms with E-state index in [0.717, 1.165) is 12.8 Å². The van der Waals surface area contributed by atoms with Gasteiger partial charge in [0.05, 0.1) is 0 Å². The molecule has 0 N–H and O–H groups in total. The minimum Gasteiger partial charge on any atom is -0.343 e. The van der Waals surface area contributed by atoms with Crippen molar-refractivity contribution >= 4 is 5.78 Å². The molecule has 0 spiro atoms. The minimum absolute atomic E-state index is 0.0336. The molecule has 0 bridgehead atoms. The lowest BCUT2D eigenvalue weighted by molar-refractivity contribution is -0.131. The fourth-order valence-electron chi connectivity index (χ4n) is 1.91. The van der Waals surface area contributed by atoms with Crippen LogP contribution >= 0.6 is 0 Å². The van der Waals surface area contributed by atoms with E-state index < -0.39 is 5.60 Å². The highest BCUT2D eigenvalue weighted by Gasteiger charge is 2.68. The molecule has 0 aromatic heterocycles. The molecule has 1 heterocycles. The third-order valence-electron chi connectivity index (χ3n) is 2.87. The molecular formula is C9H11NO2. The van der Waals surface area contributed by atoms with Crippen molar-refractivity contribution in [2.75, 3.05) is 0 Å². The van der Waals surface area contributed by atoms with Crippen LogP contribution in [0.25, 0.3) is 0 Å². The maximum Gasteiger partial charge on any atom is 0.239 e. The van der Waals surface area contributed by atoms with Gasteiger partial charge in [-0.1, -0.05) is 13.8 Å². The molecule has 1 aliphatic heterocycles. The third-order valence-corrected chi connectivity index (χ3v) is 2.87. The smallest absolute Gasteiger partial charge is 0.239 e. The summed E-state index contributed by atoms with van der Waals surface area (Å²) in [4.78, 5) is 11.7. The van der Waals surface area contributed by atoms with Gasteiger partial charge in [-0.15, -0.1) is 0 Å². The van der Waals surface area contributed by atoms with Gasteiger partial charge < -0.3 is 4.74 Å². The number of nitriles is 1. The highest BCUT2D eigenvalue weighted by Crippen LogP contribution is 2.51. The van der Waals surface area contributed by atoms with E-state index in [1.807, 2.05) is 19.9 Å². The van der Waals surface area contributed by atoms with Crippen molar-refractivity contribution in [2.45, 2.75) is 38.4 Å². The molecule has 0 aromatic rings. The van der Waals surface area contributed by atoms with Crippen LogP contribution in [-0.4, -0.2) is 17.5 Å². The normalized spacial score (nSPS) is 43.1. The summed E-state index contributed by atoms with van der Waals surface area (Å²) in [7, 11) is 0. The topological polar surface area (TPSA) is 53.4 Å². The van der Waals surface area contributed by atoms with Gasteiger partial charge in [-0.3, -0.25) is 4.79 Å². The highest BCUT2D eigenvalue weighted by molar-refractivity contribution is 5.98. The first-order valence-corrected chi connectivity index (χ1v) is 4.17. The van der Waals surface area contributed by atoms with E-state index in [0.29, 0.717) is 0 Å². The third kappa shape index (κ3) is 0.709. The number of carbonyl (C=O) groups excluding carboxylic acids is 1. The van der Waals surface area contributed by atoms with E-state index in [9.17, 15) is 4.79 Å². The predicted octanol–water partition coefficient (Wildman–Crippen LogP) is 1.04. The van der Waals surface area contributed by atoms with Crippen LogP contribution in [0.2, 0.25) is 0 Å². The van der Waals surface area contributed by atoms with E-state index in [1.54, 1.807) is 0 Å². The van der Waals surface area contributed by atoms with Gasteiger partial charge >= 0.3 is 0 Å². The maximum atomic E-state index is 11.7. The first-order chi connectivity index (χ1) is 5.53. The number of rotatable bonds is 0. The summed E-state index contributed by atoms with van der Waals surface area (Å²) in [5.41, 5.74) is -1.43. The van der Waals surface area contributed by atoms with Crippen LogP contribution in [-0.2, 0) is 9.53 Å². The van der Waals surface area contributed by atoms with Gasteiger partial charge in [0.15, 0.2) is 5.78 Å². The number of nitrogens with zero attached hydrogens (tertiary/aromatic N) is 1. The average Bonchev–Trinajstić information content (AvgIpc) is 2.74. The Hall–Kier alpha value is -0.880. The van der Waals surface area contributed by atoms with Crippen LogP contribution in [0.3, 0.4) is 0 Å². The summed E-state index contributed by atoms with van der Waals surface area (Å²) in [5.74, 6) is -0.0336. The van der Waals surface area contributed by atoms with Crippen LogP contribution in [0.4, 0.5) is 0 Å². The molecular weight excluding hydrogens is 154 g/mol. The van der Waals surface area contributed by atoms with Crippen molar-refractivity contribution in [3.8, 4) is 6.07 Å². The van der Waals surface area contributed by atoms with E-state index >= 15 is 0 Å². The Morgan fingerprint density at radius 2 is 2.33 bits per heavy atom. The Morgan fingerprint density at radius 3 is 2.83 bits per heavy atom. The van der Waals surface area contributed by atoms with Crippen LogP contribution in [0.5, 0.6) is 0 Å². The largest absolute Gasteiger partial charge is 0.343 e. The van der Waals surface area contributed by atoms with Gasteiger partial charge in [0, 0.05) is 5.41 Å². The zero-order valence-corrected chi connectivity index (χ0v) is 7.26. The van der Waals surface area contributed by atoms with E-state index in [2.05, 4.69) is 0 Å². The number of ketones is 1. The van der Waals surface area contributed by atoms with Crippen molar-refractivity contribution in [2.24, 2.45) is 5.41 Å². The molecule has 2 fully saturated rings. The summed E-state index contributed by atoms with van der Waals surface area (Å²) in [6, 6.07) is 1.99. The molecule has 1 saturated carbocycles. The van der Waals surface area contributed by atoms with Gasteiger partial charge in [-0.25, -0.2) is 0 Å². The number of epoxide rings is 1. The maximum absolute atomic E-state index is 11.7. The summed E-state index contributed by atoms with van der Waals surface area (Å²) < 4.78 is 5.15. The van der Waals surface area contributed by atoms with Gasteiger partial charge in [0.25, 0.3) is 0 Å². The second-order valence-corrected chi connectivity index (χ2v) is 4.21. The summed E-state index contributed by atoms with van der Waals surface area (Å²) in [5, 5.41) is 8.80. The SMILES string of the molecule is CC1(C)CCC2OC2(C#N)C1=O. The van der Waals surface area contributed by atoms with Crippen molar-refractivity contribution in [3.05, 3.63) is 0 Å². The van der Waals surface area contributed by atoms with Crippen molar-refractivity contribution < 1.29 is 9.53 Å². The van der Waals surface area contributed by atoms with Gasteiger partial charge in [-0.2, -0.15) is 5.26 Å². The van der Waals surface area contributed by atoms with E-state index in [4.69, 9.17) is 10.00 Å². The number of ether oxygens (including phenoxy) is 1. The van der Waals surface area contributed by atoms with Gasteiger partial charge in [-0.05, 0) is 12.8 Å². The zero-order valence-electron chi connectivity index (χ0n) is 7.26. The molecule has 2 aliphatic rings. The molecule has 2 unspecified atom stereocenters. The fourth-order valence-corrected chi connectivity index (χ4v) is 1.91. The molecule has 2 rings (SSSR count). The number of hydrogen-bond acceptors (Lipinski definition) is 3. The second-order valence-electron chi connectivity index (χ2n) is 4.21. The Kier molecular flexibility index (Phi) is 1.22. The molecule has 2 atom stereocenters. The Bertz CT molecular complexity index is 289. The number of fused-ring (bicyclic) bond motifs is 1. The van der Waals surface area contributed by atoms with Crippen molar-refractivity contribution in [1.82, 2.24) is 0 Å². The van der Waals surface area contributed by atoms with Crippen molar-refractivity contribution in [1.29, 1.82) is 5.26 Å². The van der Waals surface area contributed by atoms with Crippen LogP contribution in [0, 0.1) is 16.7 Å². The lowest BCUT2D eigenvalue weighted by Crippen LogP contribution is -2.41. The predicted molar refractivity (Wildman–Crippen MR) is 41.2 cm³/mol. The molecule has 1 saturated heterocycles. The van der Waals surface area contributed by atoms with Gasteiger partial charge in [0.1, 0.15) is 12.2 Å². The summed E-state index contributed by atoms with van der Waals surface area (Å²) in [6.07, 6.45) is 1.56.